The van der Waals surface area contributed by atoms with Crippen LogP contribution in [0.1, 0.15) is 16.0 Å². The average molecular weight is 279 g/mol. The third-order valence-electron chi connectivity index (χ3n) is 3.14. The van der Waals surface area contributed by atoms with Gasteiger partial charge in [0, 0.05) is 30.2 Å². The van der Waals surface area contributed by atoms with Crippen LogP contribution in [0.2, 0.25) is 4.34 Å². The molecule has 4 heteroatoms. The lowest BCUT2D eigenvalue weighted by Gasteiger charge is -2.06. The van der Waals surface area contributed by atoms with E-state index in [0.29, 0.717) is 0 Å². The number of benzene rings is 1. The van der Waals surface area contributed by atoms with Crippen molar-refractivity contribution >= 4 is 28.6 Å². The Hall–Kier alpha value is -1.03. The van der Waals surface area contributed by atoms with Crippen molar-refractivity contribution in [1.29, 1.82) is 0 Å². The Bertz CT molecular complexity index is 550. The number of hydrogen-bond acceptors (Lipinski definition) is 3. The molecule has 0 atom stereocenters. The van der Waals surface area contributed by atoms with Gasteiger partial charge in [0.05, 0.1) is 4.34 Å². The highest BCUT2D eigenvalue weighted by Crippen LogP contribution is 2.23. The van der Waals surface area contributed by atoms with Gasteiger partial charge in [0.15, 0.2) is 0 Å². The summed E-state index contributed by atoms with van der Waals surface area (Å²) in [6, 6.07) is 10.7. The van der Waals surface area contributed by atoms with Crippen LogP contribution in [-0.2, 0) is 19.5 Å². The lowest BCUT2D eigenvalue weighted by Crippen LogP contribution is -2.11. The molecule has 0 amide bonds. The molecule has 0 saturated heterocycles. The molecule has 0 saturated carbocycles. The third-order valence-corrected chi connectivity index (χ3v) is 4.37. The molecule has 2 aromatic rings. The van der Waals surface area contributed by atoms with E-state index in [0.717, 1.165) is 30.4 Å². The van der Waals surface area contributed by atoms with Gasteiger partial charge in [0.25, 0.3) is 0 Å². The van der Waals surface area contributed by atoms with Crippen molar-refractivity contribution in [3.63, 3.8) is 0 Å². The zero-order valence-corrected chi connectivity index (χ0v) is 11.6. The largest absolute Gasteiger partial charge is 0.384 e. The highest BCUT2D eigenvalue weighted by Gasteiger charge is 2.09. The van der Waals surface area contributed by atoms with Gasteiger partial charge in [-0.1, -0.05) is 23.7 Å². The van der Waals surface area contributed by atoms with Crippen LogP contribution < -0.4 is 10.6 Å². The summed E-state index contributed by atoms with van der Waals surface area (Å²) in [6.45, 7) is 2.86. The predicted octanol–water partition coefficient (Wildman–Crippen LogP) is 3.66. The Morgan fingerprint density at radius 2 is 2.17 bits per heavy atom. The Morgan fingerprint density at radius 1 is 1.22 bits per heavy atom. The first-order valence-corrected chi connectivity index (χ1v) is 7.31. The maximum Gasteiger partial charge on any atom is 0.0931 e. The maximum absolute atomic E-state index is 5.90. The van der Waals surface area contributed by atoms with Crippen LogP contribution in [-0.4, -0.2) is 6.54 Å². The molecular formula is C14H15ClN2S. The summed E-state index contributed by atoms with van der Waals surface area (Å²) in [4.78, 5) is 1.28. The molecule has 94 valence electrons. The minimum Gasteiger partial charge on any atom is -0.384 e. The molecule has 0 fully saturated rings. The first-order chi connectivity index (χ1) is 8.81. The Balaban J connectivity index is 1.57. The van der Waals surface area contributed by atoms with E-state index in [1.54, 1.807) is 11.3 Å². The number of nitrogens with one attached hydrogen (secondary N) is 2. The van der Waals surface area contributed by atoms with Gasteiger partial charge in [-0.15, -0.1) is 11.3 Å². The van der Waals surface area contributed by atoms with Gasteiger partial charge in [0.2, 0.25) is 0 Å². The summed E-state index contributed by atoms with van der Waals surface area (Å²) in [6.07, 6.45) is 1.14. The molecule has 0 bridgehead atoms. The van der Waals surface area contributed by atoms with E-state index in [1.807, 2.05) is 6.07 Å². The van der Waals surface area contributed by atoms with Crippen molar-refractivity contribution in [2.45, 2.75) is 19.5 Å². The average Bonchev–Trinajstić information content (AvgIpc) is 2.97. The van der Waals surface area contributed by atoms with Crippen molar-refractivity contribution in [2.24, 2.45) is 0 Å². The topological polar surface area (TPSA) is 24.1 Å². The van der Waals surface area contributed by atoms with Gasteiger partial charge in [-0.05, 0) is 35.7 Å². The molecule has 0 spiro atoms. The van der Waals surface area contributed by atoms with Crippen molar-refractivity contribution in [3.05, 3.63) is 50.7 Å². The monoisotopic (exact) mass is 278 g/mol. The fourth-order valence-corrected chi connectivity index (χ4v) is 3.30. The summed E-state index contributed by atoms with van der Waals surface area (Å²) in [5.41, 5.74) is 4.08. The van der Waals surface area contributed by atoms with Crippen LogP contribution in [0.15, 0.2) is 30.3 Å². The number of fused-ring (bicyclic) bond motifs is 1. The van der Waals surface area contributed by atoms with E-state index in [-0.39, 0.29) is 0 Å². The van der Waals surface area contributed by atoms with E-state index in [9.17, 15) is 0 Å². The van der Waals surface area contributed by atoms with E-state index in [2.05, 4.69) is 34.9 Å². The van der Waals surface area contributed by atoms with Gasteiger partial charge in [0.1, 0.15) is 0 Å². The third kappa shape index (κ3) is 2.69. The van der Waals surface area contributed by atoms with Crippen LogP contribution in [0.3, 0.4) is 0 Å². The van der Waals surface area contributed by atoms with Crippen molar-refractivity contribution < 1.29 is 0 Å². The van der Waals surface area contributed by atoms with E-state index in [4.69, 9.17) is 11.6 Å². The standard InChI is InChI=1S/C14H15ClN2S/c15-14-4-2-12(18-14)9-16-8-10-1-3-13-11(7-10)5-6-17-13/h1-4,7,16-17H,5-6,8-9H2. The molecule has 3 rings (SSSR count). The SMILES string of the molecule is Clc1ccc(CNCc2ccc3c(c2)CCN3)s1. The molecule has 2 N–H and O–H groups in total. The van der Waals surface area contributed by atoms with Crippen molar-refractivity contribution in [3.8, 4) is 0 Å². The van der Waals surface area contributed by atoms with Crippen molar-refractivity contribution in [1.82, 2.24) is 5.32 Å². The van der Waals surface area contributed by atoms with Gasteiger partial charge in [-0.25, -0.2) is 0 Å². The van der Waals surface area contributed by atoms with Crippen LogP contribution in [0, 0.1) is 0 Å². The van der Waals surface area contributed by atoms with Crippen LogP contribution >= 0.6 is 22.9 Å². The molecule has 0 radical (unpaired) electrons. The molecule has 18 heavy (non-hydrogen) atoms. The molecule has 0 unspecified atom stereocenters. The summed E-state index contributed by atoms with van der Waals surface area (Å²) < 4.78 is 0.857. The minimum atomic E-state index is 0.857. The van der Waals surface area contributed by atoms with Gasteiger partial charge >= 0.3 is 0 Å². The minimum absolute atomic E-state index is 0.857. The first kappa shape index (κ1) is 12.0. The molecular weight excluding hydrogens is 264 g/mol. The number of halogens is 1. The summed E-state index contributed by atoms with van der Waals surface area (Å²) >= 11 is 7.54. The first-order valence-electron chi connectivity index (χ1n) is 6.12. The molecule has 2 heterocycles. The lowest BCUT2D eigenvalue weighted by molar-refractivity contribution is 0.700. The number of thiophene rings is 1. The van der Waals surface area contributed by atoms with Crippen LogP contribution in [0.5, 0.6) is 0 Å². The van der Waals surface area contributed by atoms with Gasteiger partial charge in [-0.3, -0.25) is 0 Å². The maximum atomic E-state index is 5.90. The molecule has 1 aromatic heterocycles. The second-order valence-electron chi connectivity index (χ2n) is 4.48. The number of rotatable bonds is 4. The molecule has 2 nitrogen and oxygen atoms in total. The Kier molecular flexibility index (Phi) is 3.55. The highest BCUT2D eigenvalue weighted by molar-refractivity contribution is 7.16. The van der Waals surface area contributed by atoms with Crippen molar-refractivity contribution in [2.75, 3.05) is 11.9 Å². The second-order valence-corrected chi connectivity index (χ2v) is 6.28. The quantitative estimate of drug-likeness (QED) is 0.892. The Morgan fingerprint density at radius 3 is 3.00 bits per heavy atom. The number of hydrogen-bond donors (Lipinski definition) is 2. The fraction of sp³-hybridized carbons (Fsp3) is 0.286. The molecule has 1 aromatic carbocycles. The summed E-state index contributed by atoms with van der Waals surface area (Å²) in [5, 5.41) is 6.83. The highest BCUT2D eigenvalue weighted by atomic mass is 35.5. The van der Waals surface area contributed by atoms with E-state index >= 15 is 0 Å². The zero-order valence-electron chi connectivity index (χ0n) is 10.0. The van der Waals surface area contributed by atoms with Gasteiger partial charge < -0.3 is 10.6 Å². The molecule has 1 aliphatic heterocycles. The normalized spacial score (nSPS) is 13.4. The smallest absolute Gasteiger partial charge is 0.0931 e. The summed E-state index contributed by atoms with van der Waals surface area (Å²) in [7, 11) is 0. The van der Waals surface area contributed by atoms with E-state index < -0.39 is 0 Å². The van der Waals surface area contributed by atoms with Crippen LogP contribution in [0.25, 0.3) is 0 Å². The van der Waals surface area contributed by atoms with Gasteiger partial charge in [-0.2, -0.15) is 0 Å². The second kappa shape index (κ2) is 5.31. The van der Waals surface area contributed by atoms with Crippen LogP contribution in [0.4, 0.5) is 5.69 Å². The Labute approximate surface area is 116 Å². The summed E-state index contributed by atoms with van der Waals surface area (Å²) in [5.74, 6) is 0. The fourth-order valence-electron chi connectivity index (χ4n) is 2.24. The lowest BCUT2D eigenvalue weighted by atomic mass is 10.1. The molecule has 1 aliphatic rings. The van der Waals surface area contributed by atoms with E-state index in [1.165, 1.54) is 21.7 Å². The number of anilines is 1. The molecule has 0 aliphatic carbocycles. The predicted molar refractivity (Wildman–Crippen MR) is 78.5 cm³/mol. The zero-order chi connectivity index (χ0) is 12.4.